The Bertz CT molecular complexity index is 380. The molecule has 0 bridgehead atoms. The molecule has 0 radical (unpaired) electrons. The molecule has 1 heterocycles. The molecule has 0 spiro atoms. The van der Waals surface area contributed by atoms with Gasteiger partial charge in [0.1, 0.15) is 17.8 Å². The molecule has 0 aromatic heterocycles. The van der Waals surface area contributed by atoms with Gasteiger partial charge in [-0.2, -0.15) is 0 Å². The van der Waals surface area contributed by atoms with Crippen LogP contribution in [-0.4, -0.2) is 46.7 Å². The molecule has 5 nitrogen and oxygen atoms in total. The number of hydrogen-bond donors (Lipinski definition) is 0. The lowest BCUT2D eigenvalue weighted by Crippen LogP contribution is -2.51. The van der Waals surface area contributed by atoms with E-state index in [4.69, 9.17) is 4.74 Å². The van der Waals surface area contributed by atoms with E-state index in [9.17, 15) is 9.59 Å². The number of amides is 2. The first-order valence-electron chi connectivity index (χ1n) is 7.64. The zero-order chi connectivity index (χ0) is 17.2. The maximum absolute atomic E-state index is 12.3. The smallest absolute Gasteiger partial charge is 0.412 e. The van der Waals surface area contributed by atoms with Gasteiger partial charge in [0.25, 0.3) is 0 Å². The molecule has 21 heavy (non-hydrogen) atoms. The van der Waals surface area contributed by atoms with Gasteiger partial charge >= 0.3 is 6.09 Å². The molecule has 0 saturated carbocycles. The van der Waals surface area contributed by atoms with E-state index < -0.39 is 17.7 Å². The lowest BCUT2D eigenvalue weighted by atomic mass is 9.91. The second-order valence-electron chi connectivity index (χ2n) is 7.25. The Hall–Kier alpha value is -1.26. The highest BCUT2D eigenvalue weighted by Gasteiger charge is 2.50. The van der Waals surface area contributed by atoms with Gasteiger partial charge in [-0.1, -0.05) is 34.6 Å². The molecule has 2 amide bonds. The zero-order valence-electron chi connectivity index (χ0n) is 15.3. The monoisotopic (exact) mass is 300 g/mol. The van der Waals surface area contributed by atoms with Crippen LogP contribution in [0.4, 0.5) is 4.79 Å². The summed E-state index contributed by atoms with van der Waals surface area (Å²) in [6, 6.07) is -0.482. The number of nitrogens with zero attached hydrogens (tertiary/aromatic N) is 2. The van der Waals surface area contributed by atoms with Crippen LogP contribution in [0.2, 0.25) is 0 Å². The van der Waals surface area contributed by atoms with Crippen LogP contribution in [0.5, 0.6) is 0 Å². The van der Waals surface area contributed by atoms with E-state index in [0.29, 0.717) is 0 Å². The van der Waals surface area contributed by atoms with Gasteiger partial charge in [0.2, 0.25) is 5.91 Å². The largest absolute Gasteiger partial charge is 0.444 e. The lowest BCUT2D eigenvalue weighted by molar-refractivity contribution is -0.129. The molecule has 1 saturated heterocycles. The van der Waals surface area contributed by atoms with Crippen LogP contribution in [0.1, 0.15) is 62.3 Å². The fourth-order valence-corrected chi connectivity index (χ4v) is 2.50. The molecule has 1 aliphatic rings. The molecule has 124 valence electrons. The first kappa shape index (κ1) is 19.7. The fourth-order valence-electron chi connectivity index (χ4n) is 2.50. The molecule has 0 N–H and O–H groups in total. The Morgan fingerprint density at radius 3 is 1.86 bits per heavy atom. The maximum atomic E-state index is 12.3. The highest BCUT2D eigenvalue weighted by Crippen LogP contribution is 2.34. The van der Waals surface area contributed by atoms with Gasteiger partial charge in [-0.05, 0) is 27.7 Å². The summed E-state index contributed by atoms with van der Waals surface area (Å²) in [4.78, 5) is 27.6. The lowest BCUT2D eigenvalue weighted by Gasteiger charge is -2.39. The molecule has 5 heteroatoms. The van der Waals surface area contributed by atoms with Crippen molar-refractivity contribution < 1.29 is 14.3 Å². The van der Waals surface area contributed by atoms with E-state index in [1.54, 1.807) is 23.8 Å². The van der Waals surface area contributed by atoms with Crippen molar-refractivity contribution in [3.8, 4) is 0 Å². The van der Waals surface area contributed by atoms with Crippen molar-refractivity contribution in [2.45, 2.75) is 80.1 Å². The van der Waals surface area contributed by atoms with E-state index in [0.717, 1.165) is 0 Å². The summed E-state index contributed by atoms with van der Waals surface area (Å²) in [5.74, 6) is -0.0502. The predicted molar refractivity (Wildman–Crippen MR) is 84.9 cm³/mol. The second-order valence-corrected chi connectivity index (χ2v) is 7.25. The Balaban J connectivity index is 0.00000191. The second kappa shape index (κ2) is 6.67. The van der Waals surface area contributed by atoms with Gasteiger partial charge in [-0.25, -0.2) is 4.79 Å². The quantitative estimate of drug-likeness (QED) is 0.688. The third-order valence-corrected chi connectivity index (χ3v) is 3.13. The van der Waals surface area contributed by atoms with Gasteiger partial charge in [0.05, 0.1) is 0 Å². The van der Waals surface area contributed by atoms with Crippen LogP contribution in [-0.2, 0) is 9.53 Å². The first-order chi connectivity index (χ1) is 9.36. The number of carbonyl (C=O) groups excluding carboxylic acids is 2. The normalized spacial score (nSPS) is 22.9. The van der Waals surface area contributed by atoms with E-state index in [1.807, 2.05) is 55.4 Å². The Morgan fingerprint density at radius 1 is 1.10 bits per heavy atom. The van der Waals surface area contributed by atoms with Crippen LogP contribution in [0.3, 0.4) is 0 Å². The van der Waals surface area contributed by atoms with Crippen molar-refractivity contribution in [1.29, 1.82) is 0 Å². The molecule has 0 aliphatic carbocycles. The van der Waals surface area contributed by atoms with Gasteiger partial charge in [0.15, 0.2) is 0 Å². The topological polar surface area (TPSA) is 49.9 Å². The fraction of sp³-hybridized carbons (Fsp3) is 0.875. The van der Waals surface area contributed by atoms with E-state index in [2.05, 4.69) is 0 Å². The molecular formula is C16H32N2O3. The standard InChI is InChI=1S/C14H26N2O3.C2H6/c1-9-10(17)15(8)11(13(2,3)4)16(9)12(18)19-14(5,6)7;1-2/h9,11H,1-8H3;1-2H3. The van der Waals surface area contributed by atoms with Crippen LogP contribution < -0.4 is 0 Å². The first-order valence-corrected chi connectivity index (χ1v) is 7.64. The van der Waals surface area contributed by atoms with Crippen molar-refractivity contribution >= 4 is 12.0 Å². The summed E-state index contributed by atoms with van der Waals surface area (Å²) >= 11 is 0. The molecule has 1 rings (SSSR count). The minimum atomic E-state index is -0.566. The Morgan fingerprint density at radius 2 is 1.52 bits per heavy atom. The summed E-state index contributed by atoms with van der Waals surface area (Å²) in [6.45, 7) is 17.2. The minimum Gasteiger partial charge on any atom is -0.444 e. The summed E-state index contributed by atoms with van der Waals surface area (Å²) in [5.41, 5.74) is -0.796. The average Bonchev–Trinajstić information content (AvgIpc) is 2.53. The summed E-state index contributed by atoms with van der Waals surface area (Å²) in [7, 11) is 1.74. The van der Waals surface area contributed by atoms with E-state index >= 15 is 0 Å². The van der Waals surface area contributed by atoms with Crippen molar-refractivity contribution in [3.63, 3.8) is 0 Å². The zero-order valence-corrected chi connectivity index (χ0v) is 15.3. The molecule has 1 aliphatic heterocycles. The molecule has 0 aromatic carbocycles. The van der Waals surface area contributed by atoms with Crippen LogP contribution >= 0.6 is 0 Å². The van der Waals surface area contributed by atoms with E-state index in [-0.39, 0.29) is 17.5 Å². The van der Waals surface area contributed by atoms with Gasteiger partial charge in [-0.3, -0.25) is 9.69 Å². The Labute approximate surface area is 129 Å². The molecule has 2 atom stereocenters. The number of hydrogen-bond acceptors (Lipinski definition) is 3. The summed E-state index contributed by atoms with van der Waals surface area (Å²) in [5, 5.41) is 0. The number of ether oxygens (including phenoxy) is 1. The summed E-state index contributed by atoms with van der Waals surface area (Å²) in [6.07, 6.45) is -0.720. The van der Waals surface area contributed by atoms with Crippen molar-refractivity contribution in [2.24, 2.45) is 5.41 Å². The van der Waals surface area contributed by atoms with E-state index in [1.165, 1.54) is 0 Å². The predicted octanol–water partition coefficient (Wildman–Crippen LogP) is 3.48. The van der Waals surface area contributed by atoms with Crippen LogP contribution in [0, 0.1) is 5.41 Å². The third kappa shape index (κ3) is 4.61. The number of rotatable bonds is 0. The molecule has 1 fully saturated rings. The van der Waals surface area contributed by atoms with Crippen molar-refractivity contribution in [2.75, 3.05) is 7.05 Å². The highest BCUT2D eigenvalue weighted by atomic mass is 16.6. The summed E-state index contributed by atoms with van der Waals surface area (Å²) < 4.78 is 5.42. The minimum absolute atomic E-state index is 0.0502. The van der Waals surface area contributed by atoms with Crippen LogP contribution in [0.25, 0.3) is 0 Å². The molecule has 2 unspecified atom stereocenters. The van der Waals surface area contributed by atoms with Gasteiger partial charge < -0.3 is 9.64 Å². The number of likely N-dealkylation sites (N-methyl/N-ethyl adjacent to an activating group) is 1. The Kier molecular flexibility index (Phi) is 6.27. The SMILES string of the molecule is CC.CC1C(=O)N(C)C(C(C)(C)C)N1C(=O)OC(C)(C)C. The highest BCUT2D eigenvalue weighted by molar-refractivity contribution is 5.89. The molecular weight excluding hydrogens is 268 g/mol. The van der Waals surface area contributed by atoms with Gasteiger partial charge in [-0.15, -0.1) is 0 Å². The average molecular weight is 300 g/mol. The maximum Gasteiger partial charge on any atom is 0.412 e. The number of carbonyl (C=O) groups is 2. The van der Waals surface area contributed by atoms with Gasteiger partial charge in [0, 0.05) is 12.5 Å². The van der Waals surface area contributed by atoms with Crippen molar-refractivity contribution in [3.05, 3.63) is 0 Å². The third-order valence-electron chi connectivity index (χ3n) is 3.13. The van der Waals surface area contributed by atoms with Crippen LogP contribution in [0.15, 0.2) is 0 Å². The van der Waals surface area contributed by atoms with Crippen molar-refractivity contribution in [1.82, 2.24) is 9.80 Å². The molecule has 0 aromatic rings.